The molecular weight excluding hydrogens is 262 g/mol. The summed E-state index contributed by atoms with van der Waals surface area (Å²) in [5.41, 5.74) is 0. The summed E-state index contributed by atoms with van der Waals surface area (Å²) in [5.74, 6) is 1.94. The summed E-state index contributed by atoms with van der Waals surface area (Å²) in [7, 11) is 4.11. The molecule has 2 aliphatic rings. The molecule has 1 saturated heterocycles. The molecule has 4 nitrogen and oxygen atoms in total. The van der Waals surface area contributed by atoms with Crippen LogP contribution >= 0.6 is 0 Å². The van der Waals surface area contributed by atoms with Gasteiger partial charge in [0.15, 0.2) is 0 Å². The lowest BCUT2D eigenvalue weighted by molar-refractivity contribution is 0.169. The molecule has 2 fully saturated rings. The Labute approximate surface area is 130 Å². The van der Waals surface area contributed by atoms with Crippen molar-refractivity contribution >= 4 is 6.03 Å². The summed E-state index contributed by atoms with van der Waals surface area (Å²) < 4.78 is 0. The number of likely N-dealkylation sites (tertiary alicyclic amines) is 1. The molecule has 1 aliphatic heterocycles. The predicted octanol–water partition coefficient (Wildman–Crippen LogP) is 2.79. The molecule has 0 radical (unpaired) electrons. The number of carbonyl (C=O) groups excluding carboxylic acids is 1. The van der Waals surface area contributed by atoms with Crippen LogP contribution in [0.5, 0.6) is 0 Å². The van der Waals surface area contributed by atoms with Crippen molar-refractivity contribution in [3.8, 4) is 0 Å². The predicted molar refractivity (Wildman–Crippen MR) is 87.3 cm³/mol. The Morgan fingerprint density at radius 3 is 2.62 bits per heavy atom. The molecule has 1 aliphatic carbocycles. The summed E-state index contributed by atoms with van der Waals surface area (Å²) >= 11 is 0. The number of hydrogen-bond acceptors (Lipinski definition) is 2. The third kappa shape index (κ3) is 4.60. The fourth-order valence-corrected chi connectivity index (χ4v) is 4.05. The van der Waals surface area contributed by atoms with E-state index in [2.05, 4.69) is 31.1 Å². The van der Waals surface area contributed by atoms with Gasteiger partial charge in [-0.05, 0) is 50.6 Å². The lowest BCUT2D eigenvalue weighted by Gasteiger charge is -2.36. The molecule has 0 unspecified atom stereocenters. The highest BCUT2D eigenvalue weighted by Crippen LogP contribution is 2.30. The van der Waals surface area contributed by atoms with Crippen LogP contribution in [0.4, 0.5) is 4.79 Å². The van der Waals surface area contributed by atoms with Gasteiger partial charge >= 0.3 is 6.03 Å². The summed E-state index contributed by atoms with van der Waals surface area (Å²) in [4.78, 5) is 16.7. The van der Waals surface area contributed by atoms with Crippen LogP contribution in [-0.4, -0.2) is 55.6 Å². The maximum absolute atomic E-state index is 12.4. The van der Waals surface area contributed by atoms with Crippen LogP contribution in [-0.2, 0) is 0 Å². The van der Waals surface area contributed by atoms with Gasteiger partial charge in [-0.2, -0.15) is 0 Å². The number of urea groups is 1. The number of nitrogens with zero attached hydrogens (tertiary/aromatic N) is 2. The minimum atomic E-state index is 0.127. The Morgan fingerprint density at radius 2 is 2.00 bits per heavy atom. The Morgan fingerprint density at radius 1 is 1.29 bits per heavy atom. The van der Waals surface area contributed by atoms with Crippen LogP contribution in [0.15, 0.2) is 0 Å². The van der Waals surface area contributed by atoms with Gasteiger partial charge in [0.05, 0.1) is 0 Å². The smallest absolute Gasteiger partial charge is 0.317 e. The second-order valence-electron chi connectivity index (χ2n) is 7.55. The summed E-state index contributed by atoms with van der Waals surface area (Å²) in [6, 6.07) is 0.502. The van der Waals surface area contributed by atoms with E-state index in [-0.39, 0.29) is 6.03 Å². The Kier molecular flexibility index (Phi) is 5.91. The number of nitrogens with one attached hydrogen (secondary N) is 1. The van der Waals surface area contributed by atoms with Gasteiger partial charge in [0.25, 0.3) is 0 Å². The van der Waals surface area contributed by atoms with Crippen molar-refractivity contribution in [1.29, 1.82) is 0 Å². The molecule has 2 rings (SSSR count). The van der Waals surface area contributed by atoms with Crippen LogP contribution in [0, 0.1) is 17.8 Å². The average Bonchev–Trinajstić information content (AvgIpc) is 2.84. The largest absolute Gasteiger partial charge is 0.335 e. The van der Waals surface area contributed by atoms with Crippen molar-refractivity contribution in [1.82, 2.24) is 15.1 Å². The summed E-state index contributed by atoms with van der Waals surface area (Å²) in [6.07, 6.45) is 6.20. The van der Waals surface area contributed by atoms with E-state index in [0.717, 1.165) is 26.1 Å². The van der Waals surface area contributed by atoms with Crippen LogP contribution in [0.3, 0.4) is 0 Å². The lowest BCUT2D eigenvalue weighted by atomic mass is 9.78. The topological polar surface area (TPSA) is 35.6 Å². The number of carbonyl (C=O) groups is 1. The molecule has 0 aromatic rings. The van der Waals surface area contributed by atoms with Gasteiger partial charge in [0.2, 0.25) is 0 Å². The quantitative estimate of drug-likeness (QED) is 0.865. The molecule has 21 heavy (non-hydrogen) atoms. The monoisotopic (exact) mass is 295 g/mol. The minimum Gasteiger partial charge on any atom is -0.335 e. The van der Waals surface area contributed by atoms with E-state index in [9.17, 15) is 4.79 Å². The van der Waals surface area contributed by atoms with Gasteiger partial charge in [0.1, 0.15) is 0 Å². The highest BCUT2D eigenvalue weighted by molar-refractivity contribution is 5.74. The number of rotatable bonds is 4. The molecule has 2 amide bonds. The zero-order valence-corrected chi connectivity index (χ0v) is 14.3. The van der Waals surface area contributed by atoms with Crippen molar-refractivity contribution in [2.45, 2.75) is 52.0 Å². The first-order chi connectivity index (χ1) is 9.97. The number of amides is 2. The first-order valence-corrected chi connectivity index (χ1v) is 8.67. The molecule has 0 spiro atoms. The molecule has 4 heteroatoms. The molecule has 1 N–H and O–H groups in total. The van der Waals surface area contributed by atoms with Crippen molar-refractivity contribution in [2.24, 2.45) is 17.8 Å². The Balaban J connectivity index is 1.81. The first kappa shape index (κ1) is 16.6. The fourth-order valence-electron chi connectivity index (χ4n) is 4.05. The molecule has 1 saturated carbocycles. The fraction of sp³-hybridized carbons (Fsp3) is 0.941. The molecule has 1 heterocycles. The zero-order valence-electron chi connectivity index (χ0n) is 14.3. The summed E-state index contributed by atoms with van der Waals surface area (Å²) in [5, 5.41) is 3.31. The highest BCUT2D eigenvalue weighted by Gasteiger charge is 2.30. The number of hydrogen-bond donors (Lipinski definition) is 1. The van der Waals surface area contributed by atoms with E-state index in [1.54, 1.807) is 0 Å². The van der Waals surface area contributed by atoms with E-state index < -0.39 is 0 Å². The first-order valence-electron chi connectivity index (χ1n) is 8.67. The van der Waals surface area contributed by atoms with Gasteiger partial charge in [-0.15, -0.1) is 0 Å². The minimum absolute atomic E-state index is 0.127. The second kappa shape index (κ2) is 7.48. The standard InChI is InChI=1S/C17H33N3O/c1-13(2)15-7-5-6-8-16(15)18-17(21)20(4)12-14-9-10-19(3)11-14/h13-16H,5-12H2,1-4H3,(H,18,21)/t14-,15+,16+/m1/s1. The van der Waals surface area contributed by atoms with Gasteiger partial charge in [-0.25, -0.2) is 4.79 Å². The molecule has 3 atom stereocenters. The van der Waals surface area contributed by atoms with E-state index in [0.29, 0.717) is 23.8 Å². The normalized spacial score (nSPS) is 30.6. The second-order valence-corrected chi connectivity index (χ2v) is 7.55. The molecule has 0 bridgehead atoms. The molecule has 122 valence electrons. The van der Waals surface area contributed by atoms with Crippen molar-refractivity contribution in [2.75, 3.05) is 33.7 Å². The lowest BCUT2D eigenvalue weighted by Crippen LogP contribution is -2.49. The van der Waals surface area contributed by atoms with Gasteiger partial charge < -0.3 is 15.1 Å². The average molecular weight is 295 g/mol. The van der Waals surface area contributed by atoms with Crippen LogP contribution in [0.2, 0.25) is 0 Å². The van der Waals surface area contributed by atoms with Crippen molar-refractivity contribution < 1.29 is 4.79 Å². The van der Waals surface area contributed by atoms with Gasteiger partial charge in [-0.3, -0.25) is 0 Å². The third-order valence-electron chi connectivity index (χ3n) is 5.35. The van der Waals surface area contributed by atoms with E-state index in [1.807, 2.05) is 11.9 Å². The van der Waals surface area contributed by atoms with Crippen LogP contribution in [0.25, 0.3) is 0 Å². The van der Waals surface area contributed by atoms with Crippen LogP contribution in [0.1, 0.15) is 46.0 Å². The SMILES string of the molecule is CC(C)[C@@H]1CCCC[C@@H]1NC(=O)N(C)C[C@@H]1CCN(C)C1. The van der Waals surface area contributed by atoms with Gasteiger partial charge in [0, 0.05) is 26.2 Å². The van der Waals surface area contributed by atoms with Gasteiger partial charge in [-0.1, -0.05) is 26.7 Å². The van der Waals surface area contributed by atoms with E-state index >= 15 is 0 Å². The molecular formula is C17H33N3O. The highest BCUT2D eigenvalue weighted by atomic mass is 16.2. The third-order valence-corrected chi connectivity index (χ3v) is 5.35. The molecule has 0 aromatic carbocycles. The van der Waals surface area contributed by atoms with E-state index in [1.165, 1.54) is 25.7 Å². The zero-order chi connectivity index (χ0) is 15.4. The maximum atomic E-state index is 12.4. The Bertz CT molecular complexity index is 345. The van der Waals surface area contributed by atoms with E-state index in [4.69, 9.17) is 0 Å². The van der Waals surface area contributed by atoms with Crippen molar-refractivity contribution in [3.05, 3.63) is 0 Å². The summed E-state index contributed by atoms with van der Waals surface area (Å²) in [6.45, 7) is 7.74. The molecule has 0 aromatic heterocycles. The Hall–Kier alpha value is -0.770. The maximum Gasteiger partial charge on any atom is 0.317 e. The van der Waals surface area contributed by atoms with Crippen molar-refractivity contribution in [3.63, 3.8) is 0 Å². The van der Waals surface area contributed by atoms with Crippen LogP contribution < -0.4 is 5.32 Å².